The highest BCUT2D eigenvalue weighted by Gasteiger charge is 2.12. The van der Waals surface area contributed by atoms with Gasteiger partial charge in [0.15, 0.2) is 11.5 Å². The zero-order chi connectivity index (χ0) is 23.4. The lowest BCUT2D eigenvalue weighted by atomic mass is 10.2. The second kappa shape index (κ2) is 9.83. The smallest absolute Gasteiger partial charge is 0.349 e. The molecule has 168 valence electrons. The van der Waals surface area contributed by atoms with Crippen molar-refractivity contribution in [2.75, 3.05) is 6.61 Å². The van der Waals surface area contributed by atoms with Crippen molar-refractivity contribution in [3.05, 3.63) is 103 Å². The Labute approximate surface area is 196 Å². The zero-order valence-corrected chi connectivity index (χ0v) is 19.1. The summed E-state index contributed by atoms with van der Waals surface area (Å²) in [5, 5.41) is 4.45. The van der Waals surface area contributed by atoms with E-state index in [1.807, 2.05) is 6.92 Å². The van der Waals surface area contributed by atoms with Gasteiger partial charge in [-0.25, -0.2) is 9.18 Å². The molecule has 4 rings (SSSR count). The molecule has 0 spiro atoms. The molecule has 0 aliphatic carbocycles. The number of halogens is 2. The van der Waals surface area contributed by atoms with E-state index < -0.39 is 11.2 Å². The fourth-order valence-electron chi connectivity index (χ4n) is 3.15. The molecule has 0 fully saturated rings. The SMILES string of the molecule is CCOc1cc(C=Nn2c(=O)[nH]c3ccccc3c2=O)c(Br)cc1OCc1ccc(F)cc1. The van der Waals surface area contributed by atoms with E-state index in [2.05, 4.69) is 26.0 Å². The third-order valence-corrected chi connectivity index (χ3v) is 5.45. The third-order valence-electron chi connectivity index (χ3n) is 4.77. The van der Waals surface area contributed by atoms with Gasteiger partial charge < -0.3 is 14.5 Å². The number of aromatic amines is 1. The van der Waals surface area contributed by atoms with Crippen LogP contribution in [0.5, 0.6) is 11.5 Å². The molecule has 7 nitrogen and oxygen atoms in total. The van der Waals surface area contributed by atoms with Crippen LogP contribution in [-0.2, 0) is 6.61 Å². The van der Waals surface area contributed by atoms with Crippen molar-refractivity contribution in [2.24, 2.45) is 5.10 Å². The van der Waals surface area contributed by atoms with Gasteiger partial charge in [0, 0.05) is 10.0 Å². The maximum absolute atomic E-state index is 13.1. The molecule has 0 amide bonds. The number of nitrogens with zero attached hydrogens (tertiary/aromatic N) is 2. The zero-order valence-electron chi connectivity index (χ0n) is 17.5. The maximum Gasteiger partial charge on any atom is 0.349 e. The lowest BCUT2D eigenvalue weighted by molar-refractivity contribution is 0.269. The number of ether oxygens (including phenoxy) is 2. The fourth-order valence-corrected chi connectivity index (χ4v) is 3.58. The van der Waals surface area contributed by atoms with Gasteiger partial charge in [-0.15, -0.1) is 4.68 Å². The standard InChI is InChI=1S/C24H19BrFN3O4/c1-2-32-21-11-16(19(25)12-22(21)33-14-15-7-9-17(26)10-8-15)13-27-29-23(30)18-5-3-4-6-20(18)28-24(29)31/h3-13H,2,14H2,1H3,(H,28,31). The number of benzene rings is 3. The molecular weight excluding hydrogens is 493 g/mol. The van der Waals surface area contributed by atoms with Crippen LogP contribution in [0.3, 0.4) is 0 Å². The first-order valence-electron chi connectivity index (χ1n) is 10.1. The summed E-state index contributed by atoms with van der Waals surface area (Å²) in [5.74, 6) is 0.624. The van der Waals surface area contributed by atoms with Crippen LogP contribution in [0.25, 0.3) is 10.9 Å². The van der Waals surface area contributed by atoms with E-state index in [1.54, 1.807) is 48.5 Å². The molecule has 0 aliphatic heterocycles. The van der Waals surface area contributed by atoms with E-state index >= 15 is 0 Å². The van der Waals surface area contributed by atoms with Gasteiger partial charge in [-0.05, 0) is 64.8 Å². The molecule has 3 aromatic carbocycles. The summed E-state index contributed by atoms with van der Waals surface area (Å²) in [5.41, 5.74) is 0.658. The van der Waals surface area contributed by atoms with Crippen molar-refractivity contribution in [1.82, 2.24) is 9.66 Å². The Hall–Kier alpha value is -3.72. The molecule has 0 saturated heterocycles. The van der Waals surface area contributed by atoms with E-state index in [-0.39, 0.29) is 12.4 Å². The third kappa shape index (κ3) is 5.04. The second-order valence-corrected chi connectivity index (χ2v) is 7.86. The van der Waals surface area contributed by atoms with Crippen LogP contribution in [0.4, 0.5) is 4.39 Å². The van der Waals surface area contributed by atoms with E-state index in [9.17, 15) is 14.0 Å². The monoisotopic (exact) mass is 511 g/mol. The minimum absolute atomic E-state index is 0.224. The first-order chi connectivity index (χ1) is 16.0. The van der Waals surface area contributed by atoms with Gasteiger partial charge in [0.05, 0.1) is 23.7 Å². The topological polar surface area (TPSA) is 85.7 Å². The first-order valence-corrected chi connectivity index (χ1v) is 10.9. The summed E-state index contributed by atoms with van der Waals surface area (Å²) in [4.78, 5) is 27.6. The molecule has 0 bridgehead atoms. The van der Waals surface area contributed by atoms with E-state index in [1.165, 1.54) is 18.3 Å². The van der Waals surface area contributed by atoms with E-state index in [0.29, 0.717) is 39.0 Å². The summed E-state index contributed by atoms with van der Waals surface area (Å²) in [6, 6.07) is 16.2. The largest absolute Gasteiger partial charge is 0.490 e. The van der Waals surface area contributed by atoms with Crippen molar-refractivity contribution in [1.29, 1.82) is 0 Å². The molecule has 0 aliphatic rings. The maximum atomic E-state index is 13.1. The molecular formula is C24H19BrFN3O4. The molecule has 0 saturated carbocycles. The highest BCUT2D eigenvalue weighted by atomic mass is 79.9. The Balaban J connectivity index is 1.64. The van der Waals surface area contributed by atoms with Gasteiger partial charge in [0.1, 0.15) is 12.4 Å². The molecule has 0 radical (unpaired) electrons. The highest BCUT2D eigenvalue weighted by Crippen LogP contribution is 2.34. The first kappa shape index (κ1) is 22.5. The predicted molar refractivity (Wildman–Crippen MR) is 128 cm³/mol. The van der Waals surface area contributed by atoms with Gasteiger partial charge in [0.25, 0.3) is 5.56 Å². The molecule has 0 unspecified atom stereocenters. The van der Waals surface area contributed by atoms with Crippen LogP contribution in [0, 0.1) is 5.82 Å². The fraction of sp³-hybridized carbons (Fsp3) is 0.125. The molecule has 1 N–H and O–H groups in total. The summed E-state index contributed by atoms with van der Waals surface area (Å²) in [6.45, 7) is 2.46. The lowest BCUT2D eigenvalue weighted by Gasteiger charge is -2.14. The lowest BCUT2D eigenvalue weighted by Crippen LogP contribution is -2.32. The highest BCUT2D eigenvalue weighted by molar-refractivity contribution is 9.10. The average molecular weight is 512 g/mol. The van der Waals surface area contributed by atoms with E-state index in [0.717, 1.165) is 10.2 Å². The minimum Gasteiger partial charge on any atom is -0.490 e. The van der Waals surface area contributed by atoms with Gasteiger partial charge in [-0.1, -0.05) is 24.3 Å². The quantitative estimate of drug-likeness (QED) is 0.371. The van der Waals surface area contributed by atoms with Crippen molar-refractivity contribution in [2.45, 2.75) is 13.5 Å². The number of H-pyrrole nitrogens is 1. The normalized spacial score (nSPS) is 11.2. The summed E-state index contributed by atoms with van der Waals surface area (Å²) >= 11 is 3.47. The van der Waals surface area contributed by atoms with Crippen molar-refractivity contribution < 1.29 is 13.9 Å². The van der Waals surface area contributed by atoms with Gasteiger partial charge >= 0.3 is 5.69 Å². The van der Waals surface area contributed by atoms with Crippen LogP contribution >= 0.6 is 15.9 Å². The number of hydrogen-bond donors (Lipinski definition) is 1. The predicted octanol–water partition coefficient (Wildman–Crippen LogP) is 4.45. The molecule has 1 heterocycles. The summed E-state index contributed by atoms with van der Waals surface area (Å²) in [6.07, 6.45) is 1.39. The average Bonchev–Trinajstić information content (AvgIpc) is 2.80. The van der Waals surface area contributed by atoms with Crippen molar-refractivity contribution in [3.8, 4) is 11.5 Å². The van der Waals surface area contributed by atoms with Crippen LogP contribution < -0.4 is 20.7 Å². The molecule has 1 aromatic heterocycles. The second-order valence-electron chi connectivity index (χ2n) is 7.01. The van der Waals surface area contributed by atoms with Crippen LogP contribution in [0.15, 0.2) is 79.8 Å². The van der Waals surface area contributed by atoms with Gasteiger partial charge in [-0.3, -0.25) is 4.79 Å². The Morgan fingerprint density at radius 3 is 2.55 bits per heavy atom. The minimum atomic E-state index is -0.643. The van der Waals surface area contributed by atoms with Crippen LogP contribution in [0.2, 0.25) is 0 Å². The number of hydrogen-bond acceptors (Lipinski definition) is 5. The summed E-state index contributed by atoms with van der Waals surface area (Å²) < 4.78 is 26.1. The molecule has 33 heavy (non-hydrogen) atoms. The van der Waals surface area contributed by atoms with Gasteiger partial charge in [-0.2, -0.15) is 5.10 Å². The van der Waals surface area contributed by atoms with E-state index in [4.69, 9.17) is 9.47 Å². The van der Waals surface area contributed by atoms with Crippen molar-refractivity contribution >= 4 is 33.0 Å². The Bertz CT molecular complexity index is 1450. The molecule has 0 atom stereocenters. The number of aromatic nitrogens is 2. The Morgan fingerprint density at radius 2 is 1.79 bits per heavy atom. The Kier molecular flexibility index (Phi) is 6.69. The van der Waals surface area contributed by atoms with Crippen LogP contribution in [-0.4, -0.2) is 22.5 Å². The molecule has 9 heteroatoms. The number of nitrogens with one attached hydrogen (secondary N) is 1. The number of fused-ring (bicyclic) bond motifs is 1. The summed E-state index contributed by atoms with van der Waals surface area (Å²) in [7, 11) is 0. The van der Waals surface area contributed by atoms with Crippen molar-refractivity contribution in [3.63, 3.8) is 0 Å². The number of rotatable bonds is 7. The molecule has 4 aromatic rings. The number of para-hydroxylation sites is 1. The van der Waals surface area contributed by atoms with Crippen LogP contribution in [0.1, 0.15) is 18.1 Å². The van der Waals surface area contributed by atoms with Gasteiger partial charge in [0.2, 0.25) is 0 Å². The Morgan fingerprint density at radius 1 is 1.06 bits per heavy atom.